The molecule has 6 heteroatoms. The van der Waals surface area contributed by atoms with Gasteiger partial charge < -0.3 is 5.32 Å². The smallest absolute Gasteiger partial charge is 0.194 e. The third kappa shape index (κ3) is 2.58. The van der Waals surface area contributed by atoms with Crippen LogP contribution in [0.5, 0.6) is 0 Å². The Hall–Kier alpha value is -1.95. The lowest BCUT2D eigenvalue weighted by molar-refractivity contribution is 0.434. The summed E-state index contributed by atoms with van der Waals surface area (Å²) in [5, 5.41) is 2.73. The van der Waals surface area contributed by atoms with Gasteiger partial charge >= 0.3 is 0 Å². The van der Waals surface area contributed by atoms with E-state index in [2.05, 4.69) is 10.3 Å². The van der Waals surface area contributed by atoms with Gasteiger partial charge in [0.15, 0.2) is 17.5 Å². The molecule has 19 heavy (non-hydrogen) atoms. The van der Waals surface area contributed by atoms with Gasteiger partial charge in [0.05, 0.1) is 17.9 Å². The second-order valence-electron chi connectivity index (χ2n) is 3.89. The van der Waals surface area contributed by atoms with Gasteiger partial charge in [0.2, 0.25) is 0 Å². The minimum atomic E-state index is -1.54. The molecule has 2 aromatic rings. The molecule has 0 saturated heterocycles. The Morgan fingerprint density at radius 3 is 2.32 bits per heavy atom. The Kier molecular flexibility index (Phi) is 3.80. The van der Waals surface area contributed by atoms with Gasteiger partial charge in [0.1, 0.15) is 5.82 Å². The van der Waals surface area contributed by atoms with Crippen LogP contribution in [-0.4, -0.2) is 12.0 Å². The molecule has 1 heterocycles. The summed E-state index contributed by atoms with van der Waals surface area (Å²) < 4.78 is 52.6. The van der Waals surface area contributed by atoms with Crippen molar-refractivity contribution in [3.05, 3.63) is 65.0 Å². The van der Waals surface area contributed by atoms with E-state index in [0.717, 1.165) is 24.4 Å². The number of nitrogens with zero attached hydrogens (tertiary/aromatic N) is 1. The summed E-state index contributed by atoms with van der Waals surface area (Å²) in [7, 11) is 1.51. The van der Waals surface area contributed by atoms with Crippen LogP contribution in [0, 0.1) is 23.3 Å². The van der Waals surface area contributed by atoms with Crippen molar-refractivity contribution >= 4 is 0 Å². The third-order valence-corrected chi connectivity index (χ3v) is 2.71. The lowest BCUT2D eigenvalue weighted by Crippen LogP contribution is -2.21. The molecule has 1 aromatic heterocycles. The summed E-state index contributed by atoms with van der Waals surface area (Å²) in [5.41, 5.74) is 0.203. The van der Waals surface area contributed by atoms with E-state index < -0.39 is 29.3 Å². The fourth-order valence-electron chi connectivity index (χ4n) is 1.78. The van der Waals surface area contributed by atoms with E-state index in [1.54, 1.807) is 0 Å². The predicted molar refractivity (Wildman–Crippen MR) is 61.4 cm³/mol. The fourth-order valence-corrected chi connectivity index (χ4v) is 1.78. The van der Waals surface area contributed by atoms with Crippen molar-refractivity contribution in [3.8, 4) is 0 Å². The molecule has 100 valence electrons. The van der Waals surface area contributed by atoms with Crippen LogP contribution in [0.1, 0.15) is 17.3 Å². The molecule has 0 aliphatic heterocycles. The maximum absolute atomic E-state index is 13.7. The summed E-state index contributed by atoms with van der Waals surface area (Å²) in [4.78, 5) is 3.80. The normalized spacial score (nSPS) is 12.5. The van der Waals surface area contributed by atoms with Crippen LogP contribution in [-0.2, 0) is 0 Å². The molecule has 1 aromatic carbocycles. The number of hydrogen-bond acceptors (Lipinski definition) is 2. The standard InChI is InChI=1S/C13H10F4N2/c1-18-13(10-5-2-7(14)6-19-10)8-3-4-9(15)12(17)11(8)16/h2-6,13,18H,1H3. The average Bonchev–Trinajstić information content (AvgIpc) is 2.41. The molecule has 0 radical (unpaired) electrons. The van der Waals surface area contributed by atoms with Crippen LogP contribution in [0.25, 0.3) is 0 Å². The summed E-state index contributed by atoms with van der Waals surface area (Å²) >= 11 is 0. The van der Waals surface area contributed by atoms with Crippen molar-refractivity contribution < 1.29 is 17.6 Å². The summed E-state index contributed by atoms with van der Waals surface area (Å²) in [6.45, 7) is 0. The van der Waals surface area contributed by atoms with Gasteiger partial charge in [-0.2, -0.15) is 0 Å². The van der Waals surface area contributed by atoms with E-state index in [-0.39, 0.29) is 5.56 Å². The molecule has 1 unspecified atom stereocenters. The molecule has 0 bridgehead atoms. The van der Waals surface area contributed by atoms with Crippen LogP contribution in [0.15, 0.2) is 30.5 Å². The lowest BCUT2D eigenvalue weighted by Gasteiger charge is -2.17. The van der Waals surface area contributed by atoms with Crippen molar-refractivity contribution in [2.75, 3.05) is 7.05 Å². The van der Waals surface area contributed by atoms with E-state index >= 15 is 0 Å². The van der Waals surface area contributed by atoms with Gasteiger partial charge in [0, 0.05) is 5.56 Å². The largest absolute Gasteiger partial charge is 0.308 e. The molecule has 1 atom stereocenters. The highest BCUT2D eigenvalue weighted by atomic mass is 19.2. The summed E-state index contributed by atoms with van der Waals surface area (Å²) in [5.74, 6) is -4.63. The van der Waals surface area contributed by atoms with E-state index in [4.69, 9.17) is 0 Å². The molecule has 0 aliphatic carbocycles. The maximum Gasteiger partial charge on any atom is 0.194 e. The Bertz CT molecular complexity index is 584. The van der Waals surface area contributed by atoms with E-state index in [9.17, 15) is 17.6 Å². The van der Waals surface area contributed by atoms with Crippen LogP contribution >= 0.6 is 0 Å². The number of benzene rings is 1. The Labute approximate surface area is 107 Å². The molecular weight excluding hydrogens is 260 g/mol. The quantitative estimate of drug-likeness (QED) is 0.685. The summed E-state index contributed by atoms with van der Waals surface area (Å²) in [6.07, 6.45) is 0.970. The van der Waals surface area contributed by atoms with Gasteiger partial charge in [-0.3, -0.25) is 4.98 Å². The molecule has 2 rings (SSSR count). The number of aromatic nitrogens is 1. The minimum absolute atomic E-state index is 0.0968. The first-order valence-corrected chi connectivity index (χ1v) is 5.46. The molecule has 0 spiro atoms. The molecule has 0 amide bonds. The van der Waals surface area contributed by atoms with Crippen LogP contribution in [0.4, 0.5) is 17.6 Å². The zero-order valence-electron chi connectivity index (χ0n) is 9.92. The molecule has 0 aliphatic rings. The van der Waals surface area contributed by atoms with Gasteiger partial charge in [-0.25, -0.2) is 17.6 Å². The first-order valence-electron chi connectivity index (χ1n) is 5.46. The molecule has 0 saturated carbocycles. The van der Waals surface area contributed by atoms with Gasteiger partial charge in [0.25, 0.3) is 0 Å². The van der Waals surface area contributed by atoms with Crippen molar-refractivity contribution in [2.45, 2.75) is 6.04 Å². The Morgan fingerprint density at radius 1 is 1.00 bits per heavy atom. The fraction of sp³-hybridized carbons (Fsp3) is 0.154. The predicted octanol–water partition coefficient (Wildman–Crippen LogP) is 2.95. The number of pyridine rings is 1. The van der Waals surface area contributed by atoms with Crippen LogP contribution < -0.4 is 5.32 Å². The number of halogens is 4. The SMILES string of the molecule is CNC(c1ccc(F)cn1)c1ccc(F)c(F)c1F. The highest BCUT2D eigenvalue weighted by molar-refractivity contribution is 5.30. The van der Waals surface area contributed by atoms with Crippen molar-refractivity contribution in [1.29, 1.82) is 0 Å². The molecule has 2 nitrogen and oxygen atoms in total. The molecule has 1 N–H and O–H groups in total. The van der Waals surface area contributed by atoms with Crippen molar-refractivity contribution in [3.63, 3.8) is 0 Å². The minimum Gasteiger partial charge on any atom is -0.308 e. The first-order chi connectivity index (χ1) is 9.04. The Morgan fingerprint density at radius 2 is 1.74 bits per heavy atom. The van der Waals surface area contributed by atoms with E-state index in [1.165, 1.54) is 13.1 Å². The monoisotopic (exact) mass is 270 g/mol. The van der Waals surface area contributed by atoms with Crippen molar-refractivity contribution in [2.24, 2.45) is 0 Å². The van der Waals surface area contributed by atoms with Crippen molar-refractivity contribution in [1.82, 2.24) is 10.3 Å². The van der Waals surface area contributed by atoms with E-state index in [1.807, 2.05) is 0 Å². The third-order valence-electron chi connectivity index (χ3n) is 2.71. The van der Waals surface area contributed by atoms with Gasteiger partial charge in [-0.1, -0.05) is 6.07 Å². The lowest BCUT2D eigenvalue weighted by atomic mass is 10.0. The zero-order chi connectivity index (χ0) is 14.0. The number of nitrogens with one attached hydrogen (secondary N) is 1. The first kappa shape index (κ1) is 13.5. The van der Waals surface area contributed by atoms with Gasteiger partial charge in [-0.05, 0) is 25.2 Å². The number of rotatable bonds is 3. The second-order valence-corrected chi connectivity index (χ2v) is 3.89. The highest BCUT2D eigenvalue weighted by Crippen LogP contribution is 2.25. The number of hydrogen-bond donors (Lipinski definition) is 1. The highest BCUT2D eigenvalue weighted by Gasteiger charge is 2.21. The second kappa shape index (κ2) is 5.36. The maximum atomic E-state index is 13.7. The summed E-state index contributed by atoms with van der Waals surface area (Å²) in [6, 6.07) is 3.67. The topological polar surface area (TPSA) is 24.9 Å². The Balaban J connectivity index is 2.48. The molecule has 0 fully saturated rings. The zero-order valence-corrected chi connectivity index (χ0v) is 9.92. The molecular formula is C13H10F4N2. The van der Waals surface area contributed by atoms with Crippen LogP contribution in [0.2, 0.25) is 0 Å². The van der Waals surface area contributed by atoms with Crippen LogP contribution in [0.3, 0.4) is 0 Å². The van der Waals surface area contributed by atoms with E-state index in [0.29, 0.717) is 5.69 Å². The average molecular weight is 270 g/mol. The van der Waals surface area contributed by atoms with Gasteiger partial charge in [-0.15, -0.1) is 0 Å².